The Kier molecular flexibility index (Phi) is 2.45. The van der Waals surface area contributed by atoms with Gasteiger partial charge in [0.25, 0.3) is 0 Å². The van der Waals surface area contributed by atoms with E-state index in [4.69, 9.17) is 0 Å². The molecule has 128 valence electrons. The minimum Gasteiger partial charge on any atom is -0.392 e. The molecule has 7 rings (SSSR count). The normalized spacial score (nSPS) is 55.8. The van der Waals surface area contributed by atoms with Gasteiger partial charge in [0.05, 0.1) is 12.1 Å². The van der Waals surface area contributed by atoms with E-state index in [-0.39, 0.29) is 17.7 Å². The van der Waals surface area contributed by atoms with Gasteiger partial charge >= 0.3 is 0 Å². The van der Waals surface area contributed by atoms with Crippen molar-refractivity contribution < 1.29 is 10.2 Å². The maximum absolute atomic E-state index is 11.6. The summed E-state index contributed by atoms with van der Waals surface area (Å²) in [5, 5.41) is 22.6. The first-order valence-electron chi connectivity index (χ1n) is 9.57. The van der Waals surface area contributed by atoms with Gasteiger partial charge in [-0.2, -0.15) is 0 Å². The highest BCUT2D eigenvalue weighted by Gasteiger charge is 2.76. The van der Waals surface area contributed by atoms with E-state index < -0.39 is 0 Å². The van der Waals surface area contributed by atoms with Crippen LogP contribution in [-0.2, 0) is 5.41 Å². The molecule has 4 saturated heterocycles. The van der Waals surface area contributed by atoms with Gasteiger partial charge in [0.1, 0.15) is 6.23 Å². The molecule has 5 heterocycles. The zero-order chi connectivity index (χ0) is 16.4. The second-order valence-corrected chi connectivity index (χ2v) is 8.81. The van der Waals surface area contributed by atoms with E-state index in [2.05, 4.69) is 48.0 Å². The van der Waals surface area contributed by atoms with E-state index in [1.165, 1.54) is 11.3 Å². The molecule has 0 amide bonds. The van der Waals surface area contributed by atoms with Crippen molar-refractivity contribution in [3.8, 4) is 0 Å². The molecular formula is C20H26N2O2. The highest BCUT2D eigenvalue weighted by molar-refractivity contribution is 5.67. The molecule has 0 aromatic heterocycles. The van der Waals surface area contributed by atoms with Crippen LogP contribution in [0.25, 0.3) is 0 Å². The number of hydrogen-bond acceptors (Lipinski definition) is 4. The van der Waals surface area contributed by atoms with Gasteiger partial charge < -0.3 is 15.1 Å². The zero-order valence-electron chi connectivity index (χ0n) is 14.3. The second kappa shape index (κ2) is 4.17. The van der Waals surface area contributed by atoms with Crippen LogP contribution in [0.3, 0.4) is 0 Å². The summed E-state index contributed by atoms with van der Waals surface area (Å²) in [7, 11) is 2.19. The molecule has 5 fully saturated rings. The van der Waals surface area contributed by atoms with Crippen molar-refractivity contribution in [3.05, 3.63) is 29.8 Å². The second-order valence-electron chi connectivity index (χ2n) is 8.81. The summed E-state index contributed by atoms with van der Waals surface area (Å²) in [4.78, 5) is 4.83. The number of piperidine rings is 4. The monoisotopic (exact) mass is 326 g/mol. The van der Waals surface area contributed by atoms with Gasteiger partial charge in [-0.1, -0.05) is 25.1 Å². The van der Waals surface area contributed by atoms with Crippen LogP contribution in [0.5, 0.6) is 0 Å². The van der Waals surface area contributed by atoms with Crippen LogP contribution >= 0.6 is 0 Å². The molecule has 0 radical (unpaired) electrons. The fraction of sp³-hybridized carbons (Fsp3) is 0.700. The average molecular weight is 326 g/mol. The lowest BCUT2D eigenvalue weighted by Crippen LogP contribution is -2.72. The predicted octanol–water partition coefficient (Wildman–Crippen LogP) is 1.55. The van der Waals surface area contributed by atoms with Crippen LogP contribution in [0.4, 0.5) is 5.69 Å². The summed E-state index contributed by atoms with van der Waals surface area (Å²) in [6, 6.07) is 9.70. The van der Waals surface area contributed by atoms with Crippen molar-refractivity contribution in [2.75, 3.05) is 11.9 Å². The molecular weight excluding hydrogens is 300 g/mol. The first kappa shape index (κ1) is 14.1. The molecule has 1 spiro atoms. The molecule has 10 atom stereocenters. The van der Waals surface area contributed by atoms with Crippen molar-refractivity contribution >= 4 is 5.69 Å². The summed E-state index contributed by atoms with van der Waals surface area (Å²) < 4.78 is 0. The van der Waals surface area contributed by atoms with E-state index in [0.717, 1.165) is 19.3 Å². The van der Waals surface area contributed by atoms with Crippen LogP contribution in [0, 0.1) is 17.8 Å². The molecule has 5 bridgehead atoms. The van der Waals surface area contributed by atoms with E-state index in [1.54, 1.807) is 0 Å². The summed E-state index contributed by atoms with van der Waals surface area (Å²) in [5.74, 6) is 1.14. The Labute approximate surface area is 143 Å². The smallest absolute Gasteiger partial charge is 0.111 e. The minimum atomic E-state index is -0.319. The van der Waals surface area contributed by atoms with Gasteiger partial charge in [0, 0.05) is 42.1 Å². The third-order valence-corrected chi connectivity index (χ3v) is 8.46. The first-order chi connectivity index (χ1) is 11.6. The maximum Gasteiger partial charge on any atom is 0.111 e. The quantitative estimate of drug-likeness (QED) is 0.822. The Balaban J connectivity index is 1.60. The Hall–Kier alpha value is -1.10. The number of rotatable bonds is 1. The fourth-order valence-corrected chi connectivity index (χ4v) is 7.88. The molecule has 1 aromatic carbocycles. The van der Waals surface area contributed by atoms with Crippen LogP contribution in [0.2, 0.25) is 0 Å². The van der Waals surface area contributed by atoms with Crippen LogP contribution < -0.4 is 4.90 Å². The predicted molar refractivity (Wildman–Crippen MR) is 91.7 cm³/mol. The highest BCUT2D eigenvalue weighted by atomic mass is 16.3. The lowest BCUT2D eigenvalue weighted by molar-refractivity contribution is -0.211. The van der Waals surface area contributed by atoms with Gasteiger partial charge in [-0.05, 0) is 36.8 Å². The number of fused-ring (bicyclic) bond motifs is 2. The lowest BCUT2D eigenvalue weighted by atomic mass is 9.62. The summed E-state index contributed by atoms with van der Waals surface area (Å²) in [6.07, 6.45) is 2.56. The van der Waals surface area contributed by atoms with Crippen molar-refractivity contribution in [1.29, 1.82) is 0 Å². The average Bonchev–Trinajstić information content (AvgIpc) is 2.97. The maximum atomic E-state index is 11.6. The van der Waals surface area contributed by atoms with Gasteiger partial charge in [-0.25, -0.2) is 0 Å². The number of aliphatic hydroxyl groups excluding tert-OH is 2. The van der Waals surface area contributed by atoms with Gasteiger partial charge in [-0.3, -0.25) is 4.90 Å². The highest BCUT2D eigenvalue weighted by Crippen LogP contribution is 2.68. The van der Waals surface area contributed by atoms with Crippen molar-refractivity contribution in [2.24, 2.45) is 17.8 Å². The Morgan fingerprint density at radius 3 is 2.79 bits per heavy atom. The molecule has 24 heavy (non-hydrogen) atoms. The molecule has 6 aliphatic rings. The van der Waals surface area contributed by atoms with Crippen molar-refractivity contribution in [2.45, 2.75) is 62.1 Å². The summed E-state index contributed by atoms with van der Waals surface area (Å²) >= 11 is 0. The molecule has 2 N–H and O–H groups in total. The molecule has 1 saturated carbocycles. The van der Waals surface area contributed by atoms with Crippen LogP contribution in [0.1, 0.15) is 31.7 Å². The summed E-state index contributed by atoms with van der Waals surface area (Å²) in [5.41, 5.74) is 2.51. The number of anilines is 1. The molecule has 4 nitrogen and oxygen atoms in total. The minimum absolute atomic E-state index is 0.126. The topological polar surface area (TPSA) is 46.9 Å². The molecule has 1 unspecified atom stereocenters. The zero-order valence-corrected chi connectivity index (χ0v) is 14.3. The van der Waals surface area contributed by atoms with Crippen molar-refractivity contribution in [1.82, 2.24) is 4.90 Å². The van der Waals surface area contributed by atoms with Crippen molar-refractivity contribution in [3.63, 3.8) is 0 Å². The van der Waals surface area contributed by atoms with Gasteiger partial charge in [0.2, 0.25) is 0 Å². The largest absolute Gasteiger partial charge is 0.392 e. The number of benzene rings is 1. The molecule has 1 aromatic rings. The van der Waals surface area contributed by atoms with Crippen LogP contribution in [-0.4, -0.2) is 52.6 Å². The van der Waals surface area contributed by atoms with E-state index >= 15 is 0 Å². The Morgan fingerprint density at radius 2 is 2.00 bits per heavy atom. The number of nitrogens with zero attached hydrogens (tertiary/aromatic N) is 2. The van der Waals surface area contributed by atoms with Gasteiger partial charge in [0.15, 0.2) is 0 Å². The third-order valence-electron chi connectivity index (χ3n) is 8.46. The van der Waals surface area contributed by atoms with E-state index in [1.807, 2.05) is 0 Å². The SMILES string of the molecule is CC[C@@H]1[C@H]2C[C@H]3[C@@H]4N(C)c5ccccc5[C@@]45C[C@@H]([C@H]2[C@H]5O)N3[C@@H]1O. The van der Waals surface area contributed by atoms with Crippen LogP contribution in [0.15, 0.2) is 24.3 Å². The van der Waals surface area contributed by atoms with E-state index in [0.29, 0.717) is 35.9 Å². The molecule has 4 heteroatoms. The first-order valence-corrected chi connectivity index (χ1v) is 9.57. The molecule has 1 aliphatic carbocycles. The third kappa shape index (κ3) is 1.20. The summed E-state index contributed by atoms with van der Waals surface area (Å²) in [6.45, 7) is 2.19. The molecule has 5 aliphatic heterocycles. The Bertz CT molecular complexity index is 723. The fourth-order valence-electron chi connectivity index (χ4n) is 7.88. The standard InChI is InChI=1S/C20H26N2O2/c1-3-10-11-8-14-17-20(12-6-4-5-7-13(12)21(17)2)9-15(16(11)18(20)23)22(14)19(10)24/h4-7,10-11,14-19,23-24H,3,8-9H2,1-2H3/t10-,11-,14+,15+,16+,17+,18-,19-,20+/m1/s1. The Morgan fingerprint density at radius 1 is 1.21 bits per heavy atom. The lowest BCUT2D eigenvalue weighted by Gasteiger charge is -2.62. The number of likely N-dealkylation sites (N-methyl/N-ethyl adjacent to an activating group) is 1. The number of para-hydroxylation sites is 1. The van der Waals surface area contributed by atoms with Gasteiger partial charge in [-0.15, -0.1) is 0 Å². The van der Waals surface area contributed by atoms with E-state index in [9.17, 15) is 10.2 Å². The number of aliphatic hydroxyl groups is 2. The number of hydrogen-bond donors (Lipinski definition) is 2.